The predicted octanol–water partition coefficient (Wildman–Crippen LogP) is 2.89. The Morgan fingerprint density at radius 3 is 2.58 bits per heavy atom. The number of ether oxygens (including phenoxy) is 1. The summed E-state index contributed by atoms with van der Waals surface area (Å²) in [6.45, 7) is 6.64. The number of likely N-dealkylation sites (tertiary alicyclic amines) is 1. The van der Waals surface area contributed by atoms with Gasteiger partial charge in [-0.05, 0) is 63.2 Å². The average molecular weight is 365 g/mol. The first kappa shape index (κ1) is 18.7. The van der Waals surface area contributed by atoms with Crippen molar-refractivity contribution < 1.29 is 14.6 Å². The second-order valence-corrected chi connectivity index (χ2v) is 9.43. The van der Waals surface area contributed by atoms with E-state index in [1.807, 2.05) is 0 Å². The molecule has 4 aliphatic rings. The molecule has 2 aliphatic heterocycles. The summed E-state index contributed by atoms with van der Waals surface area (Å²) in [7, 11) is 0. The highest BCUT2D eigenvalue weighted by molar-refractivity contribution is 5.69. The Labute approximate surface area is 157 Å². The number of hydrogen-bond acceptors (Lipinski definition) is 4. The van der Waals surface area contributed by atoms with Gasteiger partial charge in [0.1, 0.15) is 0 Å². The van der Waals surface area contributed by atoms with Gasteiger partial charge < -0.3 is 20.1 Å². The van der Waals surface area contributed by atoms with Crippen LogP contribution in [-0.2, 0) is 9.53 Å². The summed E-state index contributed by atoms with van der Waals surface area (Å²) in [5, 5.41) is 13.0. The number of nitrogens with zero attached hydrogens (tertiary/aromatic N) is 1. The summed E-state index contributed by atoms with van der Waals surface area (Å²) in [6, 6.07) is 1.32. The van der Waals surface area contributed by atoms with Gasteiger partial charge in [-0.2, -0.15) is 0 Å². The molecule has 2 N–H and O–H groups in total. The topological polar surface area (TPSA) is 61.8 Å². The van der Waals surface area contributed by atoms with Gasteiger partial charge in [0.15, 0.2) is 0 Å². The average Bonchev–Trinajstić information content (AvgIpc) is 3.29. The highest BCUT2D eigenvalue weighted by atomic mass is 16.5. The second-order valence-electron chi connectivity index (χ2n) is 9.43. The van der Waals surface area contributed by atoms with Crippen LogP contribution >= 0.6 is 0 Å². The smallest absolute Gasteiger partial charge is 0.306 e. The van der Waals surface area contributed by atoms with Crippen molar-refractivity contribution in [2.45, 2.75) is 82.4 Å². The van der Waals surface area contributed by atoms with Crippen LogP contribution in [-0.4, -0.2) is 59.9 Å². The summed E-state index contributed by atoms with van der Waals surface area (Å²) >= 11 is 0. The third kappa shape index (κ3) is 4.26. The van der Waals surface area contributed by atoms with Gasteiger partial charge in [-0.3, -0.25) is 4.79 Å². The molecule has 0 aromatic heterocycles. The first-order valence-electron chi connectivity index (χ1n) is 10.9. The van der Waals surface area contributed by atoms with E-state index in [1.165, 1.54) is 19.3 Å². The second kappa shape index (κ2) is 7.76. The molecule has 3 atom stereocenters. The summed E-state index contributed by atoms with van der Waals surface area (Å²) in [6.07, 6.45) is 10.1. The van der Waals surface area contributed by atoms with Crippen molar-refractivity contribution in [3.05, 3.63) is 0 Å². The van der Waals surface area contributed by atoms with Crippen LogP contribution in [0, 0.1) is 17.8 Å². The Bertz CT molecular complexity index is 495. The minimum atomic E-state index is -0.596. The molecular formula is C21H36N2O3. The lowest BCUT2D eigenvalue weighted by atomic mass is 9.81. The molecule has 2 saturated heterocycles. The number of carboxylic acids is 1. The maximum atomic E-state index is 11.1. The lowest BCUT2D eigenvalue weighted by Crippen LogP contribution is -2.46. The van der Waals surface area contributed by atoms with Crippen molar-refractivity contribution in [3.63, 3.8) is 0 Å². The summed E-state index contributed by atoms with van der Waals surface area (Å²) in [4.78, 5) is 13.7. The Kier molecular flexibility index (Phi) is 5.58. The molecule has 2 heterocycles. The van der Waals surface area contributed by atoms with E-state index in [0.29, 0.717) is 12.0 Å². The fraction of sp³-hybridized carbons (Fsp3) is 0.952. The molecule has 148 valence electrons. The molecule has 0 bridgehead atoms. The molecule has 0 radical (unpaired) electrons. The molecule has 4 rings (SSSR count). The zero-order valence-corrected chi connectivity index (χ0v) is 16.3. The standard InChI is InChI=1S/C21H36N2O3/c1-2-16-11-19(16)22-18-12-21(26-14-18)7-9-23(10-8-21)13-15-3-5-17(6-4-15)20(24)25/h15-19,22H,2-14H2,1H3,(H,24,25)/t15?,16-,17?,18?,19-/m1/s1. The van der Waals surface area contributed by atoms with Crippen LogP contribution < -0.4 is 5.32 Å². The number of aliphatic carboxylic acids is 1. The number of carbonyl (C=O) groups is 1. The van der Waals surface area contributed by atoms with Crippen molar-refractivity contribution in [1.82, 2.24) is 10.2 Å². The third-order valence-electron chi connectivity index (χ3n) is 7.59. The maximum absolute atomic E-state index is 11.1. The molecular weight excluding hydrogens is 328 g/mol. The molecule has 0 amide bonds. The Morgan fingerprint density at radius 2 is 1.96 bits per heavy atom. The molecule has 5 heteroatoms. The molecule has 1 unspecified atom stereocenters. The van der Waals surface area contributed by atoms with Crippen molar-refractivity contribution >= 4 is 5.97 Å². The van der Waals surface area contributed by atoms with Crippen molar-refractivity contribution in [3.8, 4) is 0 Å². The van der Waals surface area contributed by atoms with Crippen molar-refractivity contribution in [2.75, 3.05) is 26.2 Å². The fourth-order valence-electron chi connectivity index (χ4n) is 5.61. The number of carboxylic acid groups (broad SMARTS) is 1. The van der Waals surface area contributed by atoms with E-state index in [0.717, 1.165) is 76.7 Å². The monoisotopic (exact) mass is 364 g/mol. The Balaban J connectivity index is 1.17. The number of rotatable bonds is 6. The van der Waals surface area contributed by atoms with Gasteiger partial charge in [0.2, 0.25) is 0 Å². The van der Waals surface area contributed by atoms with Gasteiger partial charge in [-0.15, -0.1) is 0 Å². The third-order valence-corrected chi connectivity index (χ3v) is 7.59. The van der Waals surface area contributed by atoms with E-state index < -0.39 is 5.97 Å². The molecule has 26 heavy (non-hydrogen) atoms. The number of hydrogen-bond donors (Lipinski definition) is 2. The number of nitrogens with one attached hydrogen (secondary N) is 1. The van der Waals surface area contributed by atoms with E-state index in [9.17, 15) is 4.79 Å². The van der Waals surface area contributed by atoms with Crippen LogP contribution in [0.1, 0.15) is 64.7 Å². The van der Waals surface area contributed by atoms with Gasteiger partial charge in [-0.1, -0.05) is 13.3 Å². The van der Waals surface area contributed by atoms with Gasteiger partial charge >= 0.3 is 5.97 Å². The van der Waals surface area contributed by atoms with Crippen LogP contribution in [0.2, 0.25) is 0 Å². The van der Waals surface area contributed by atoms with Crippen LogP contribution in [0.3, 0.4) is 0 Å². The fourth-order valence-corrected chi connectivity index (χ4v) is 5.61. The van der Waals surface area contributed by atoms with E-state index in [1.54, 1.807) is 0 Å². The summed E-state index contributed by atoms with van der Waals surface area (Å²) in [5.41, 5.74) is 0.131. The van der Waals surface area contributed by atoms with Crippen LogP contribution in [0.15, 0.2) is 0 Å². The largest absolute Gasteiger partial charge is 0.481 e. The number of piperidine rings is 1. The van der Waals surface area contributed by atoms with E-state index >= 15 is 0 Å². The van der Waals surface area contributed by atoms with Crippen molar-refractivity contribution in [1.29, 1.82) is 0 Å². The molecule has 2 saturated carbocycles. The Morgan fingerprint density at radius 1 is 1.23 bits per heavy atom. The highest BCUT2D eigenvalue weighted by Crippen LogP contribution is 2.39. The normalized spacial score (nSPS) is 40.0. The minimum absolute atomic E-state index is 0.0917. The SMILES string of the molecule is CC[C@@H]1C[C@H]1NC1COC2(CCN(CC3CCC(C(=O)O)CC3)CC2)C1. The molecule has 5 nitrogen and oxygen atoms in total. The predicted molar refractivity (Wildman–Crippen MR) is 101 cm³/mol. The molecule has 0 aromatic rings. The van der Waals surface area contributed by atoms with E-state index in [4.69, 9.17) is 9.84 Å². The van der Waals surface area contributed by atoms with Gasteiger partial charge in [0, 0.05) is 31.7 Å². The van der Waals surface area contributed by atoms with Gasteiger partial charge in [0.25, 0.3) is 0 Å². The van der Waals surface area contributed by atoms with Crippen LogP contribution in [0.5, 0.6) is 0 Å². The van der Waals surface area contributed by atoms with Crippen LogP contribution in [0.4, 0.5) is 0 Å². The minimum Gasteiger partial charge on any atom is -0.481 e. The first-order chi connectivity index (χ1) is 12.6. The lowest BCUT2D eigenvalue weighted by Gasteiger charge is -2.40. The van der Waals surface area contributed by atoms with Crippen LogP contribution in [0.25, 0.3) is 0 Å². The zero-order chi connectivity index (χ0) is 18.1. The van der Waals surface area contributed by atoms with Gasteiger partial charge in [0.05, 0.1) is 18.1 Å². The van der Waals surface area contributed by atoms with Gasteiger partial charge in [-0.25, -0.2) is 0 Å². The molecule has 0 aromatic carbocycles. The molecule has 4 fully saturated rings. The highest BCUT2D eigenvalue weighted by Gasteiger charge is 2.45. The molecule has 2 aliphatic carbocycles. The molecule has 1 spiro atoms. The van der Waals surface area contributed by atoms with E-state index in [-0.39, 0.29) is 11.5 Å². The zero-order valence-electron chi connectivity index (χ0n) is 16.3. The summed E-state index contributed by atoms with van der Waals surface area (Å²) in [5.74, 6) is 0.913. The quantitative estimate of drug-likeness (QED) is 0.759. The Hall–Kier alpha value is -0.650. The maximum Gasteiger partial charge on any atom is 0.306 e. The first-order valence-corrected chi connectivity index (χ1v) is 10.9. The summed E-state index contributed by atoms with van der Waals surface area (Å²) < 4.78 is 6.32. The lowest BCUT2D eigenvalue weighted by molar-refractivity contribution is -0.143. The van der Waals surface area contributed by atoms with E-state index in [2.05, 4.69) is 17.1 Å². The van der Waals surface area contributed by atoms with Crippen molar-refractivity contribution in [2.24, 2.45) is 17.8 Å².